The molecular formula is C12H16FN3O2. The first-order valence-corrected chi connectivity index (χ1v) is 5.76. The first-order chi connectivity index (χ1) is 8.63. The molecule has 1 aliphatic heterocycles. The first kappa shape index (κ1) is 12.6. The maximum Gasteiger partial charge on any atom is 0.257 e. The second-order valence-electron chi connectivity index (χ2n) is 4.12. The molecule has 1 aromatic rings. The van der Waals surface area contributed by atoms with Crippen LogP contribution in [0.25, 0.3) is 0 Å². The van der Waals surface area contributed by atoms with Gasteiger partial charge in [-0.2, -0.15) is 0 Å². The Kier molecular flexibility index (Phi) is 3.66. The summed E-state index contributed by atoms with van der Waals surface area (Å²) in [5.74, 6) is -0.529. The minimum Gasteiger partial charge on any atom is -0.496 e. The van der Waals surface area contributed by atoms with Gasteiger partial charge in [-0.15, -0.1) is 0 Å². The summed E-state index contributed by atoms with van der Waals surface area (Å²) < 4.78 is 18.5. The van der Waals surface area contributed by atoms with Crippen LogP contribution in [-0.4, -0.2) is 44.1 Å². The van der Waals surface area contributed by atoms with Crippen LogP contribution in [0.4, 0.5) is 10.1 Å². The highest BCUT2D eigenvalue weighted by molar-refractivity contribution is 5.97. The molecule has 0 saturated carbocycles. The molecular weight excluding hydrogens is 237 g/mol. The number of carbonyl (C=O) groups excluding carboxylic acids is 1. The summed E-state index contributed by atoms with van der Waals surface area (Å²) in [6.45, 7) is 2.69. The Bertz CT molecular complexity index is 459. The number of halogens is 1. The molecule has 1 aliphatic rings. The third-order valence-electron chi connectivity index (χ3n) is 2.95. The monoisotopic (exact) mass is 253 g/mol. The molecule has 1 saturated heterocycles. The van der Waals surface area contributed by atoms with Crippen LogP contribution in [0.3, 0.4) is 0 Å². The molecule has 1 amide bonds. The Morgan fingerprint density at radius 1 is 1.44 bits per heavy atom. The number of nitrogen functional groups attached to an aromatic ring is 1. The molecule has 2 rings (SSSR count). The number of anilines is 1. The highest BCUT2D eigenvalue weighted by atomic mass is 19.1. The van der Waals surface area contributed by atoms with Gasteiger partial charge in [0, 0.05) is 32.2 Å². The van der Waals surface area contributed by atoms with Crippen LogP contribution in [0.2, 0.25) is 0 Å². The molecule has 0 radical (unpaired) electrons. The number of nitrogens with zero attached hydrogens (tertiary/aromatic N) is 1. The van der Waals surface area contributed by atoms with Crippen molar-refractivity contribution in [1.29, 1.82) is 0 Å². The van der Waals surface area contributed by atoms with E-state index in [1.807, 2.05) is 0 Å². The van der Waals surface area contributed by atoms with E-state index in [2.05, 4.69) is 5.32 Å². The van der Waals surface area contributed by atoms with E-state index < -0.39 is 5.82 Å². The molecule has 0 aliphatic carbocycles. The van der Waals surface area contributed by atoms with Gasteiger partial charge in [0.25, 0.3) is 5.91 Å². The van der Waals surface area contributed by atoms with E-state index in [1.165, 1.54) is 13.2 Å². The average molecular weight is 253 g/mol. The van der Waals surface area contributed by atoms with Crippen LogP contribution >= 0.6 is 0 Å². The van der Waals surface area contributed by atoms with Gasteiger partial charge in [0.1, 0.15) is 11.6 Å². The summed E-state index contributed by atoms with van der Waals surface area (Å²) in [6, 6.07) is 2.48. The maximum atomic E-state index is 13.5. The fourth-order valence-electron chi connectivity index (χ4n) is 1.94. The van der Waals surface area contributed by atoms with Gasteiger partial charge in [-0.3, -0.25) is 4.79 Å². The zero-order valence-corrected chi connectivity index (χ0v) is 10.2. The van der Waals surface area contributed by atoms with Crippen molar-refractivity contribution in [3.05, 3.63) is 23.5 Å². The van der Waals surface area contributed by atoms with Crippen molar-refractivity contribution in [2.45, 2.75) is 0 Å². The lowest BCUT2D eigenvalue weighted by molar-refractivity contribution is 0.0732. The van der Waals surface area contributed by atoms with E-state index in [4.69, 9.17) is 10.5 Å². The third kappa shape index (κ3) is 2.38. The van der Waals surface area contributed by atoms with Gasteiger partial charge in [0.15, 0.2) is 0 Å². The lowest BCUT2D eigenvalue weighted by Crippen LogP contribution is -2.46. The normalized spacial score (nSPS) is 15.6. The molecule has 5 nitrogen and oxygen atoms in total. The Balaban J connectivity index is 2.31. The fraction of sp³-hybridized carbons (Fsp3) is 0.417. The van der Waals surface area contributed by atoms with E-state index in [9.17, 15) is 9.18 Å². The maximum absolute atomic E-state index is 13.5. The summed E-state index contributed by atoms with van der Waals surface area (Å²) >= 11 is 0. The number of ether oxygens (including phenoxy) is 1. The van der Waals surface area contributed by atoms with Gasteiger partial charge < -0.3 is 20.7 Å². The van der Waals surface area contributed by atoms with Gasteiger partial charge in [0.05, 0.1) is 18.4 Å². The lowest BCUT2D eigenvalue weighted by atomic mass is 10.1. The highest BCUT2D eigenvalue weighted by Crippen LogP contribution is 2.25. The lowest BCUT2D eigenvalue weighted by Gasteiger charge is -2.28. The number of nitrogens with two attached hydrogens (primary N) is 1. The van der Waals surface area contributed by atoms with E-state index in [1.54, 1.807) is 4.90 Å². The predicted octanol–water partition coefficient (Wildman–Crippen LogP) is 0.462. The van der Waals surface area contributed by atoms with Crippen LogP contribution in [0.1, 0.15) is 10.4 Å². The molecule has 0 bridgehead atoms. The van der Waals surface area contributed by atoms with Crippen LogP contribution in [-0.2, 0) is 0 Å². The van der Waals surface area contributed by atoms with Gasteiger partial charge in [-0.05, 0) is 6.07 Å². The fourth-order valence-corrected chi connectivity index (χ4v) is 1.94. The molecule has 0 atom stereocenters. The zero-order valence-electron chi connectivity index (χ0n) is 10.2. The number of carbonyl (C=O) groups is 1. The Hall–Kier alpha value is -1.82. The second kappa shape index (κ2) is 5.22. The summed E-state index contributed by atoms with van der Waals surface area (Å²) in [5.41, 5.74) is 5.64. The number of rotatable bonds is 2. The van der Waals surface area contributed by atoms with Gasteiger partial charge in [-0.1, -0.05) is 0 Å². The standard InChI is InChI=1S/C12H16FN3O2/c1-18-11-7-10(14)9(13)6-8(11)12(17)16-4-2-15-3-5-16/h6-7,15H,2-5,14H2,1H3. The quantitative estimate of drug-likeness (QED) is 0.751. The zero-order chi connectivity index (χ0) is 13.1. The molecule has 0 unspecified atom stereocenters. The Morgan fingerprint density at radius 3 is 2.72 bits per heavy atom. The summed E-state index contributed by atoms with van der Waals surface area (Å²) in [5, 5.41) is 3.15. The summed E-state index contributed by atoms with van der Waals surface area (Å²) in [6.07, 6.45) is 0. The van der Waals surface area contributed by atoms with E-state index in [0.29, 0.717) is 18.8 Å². The SMILES string of the molecule is COc1cc(N)c(F)cc1C(=O)N1CCNCC1. The van der Waals surface area contributed by atoms with E-state index in [0.717, 1.165) is 19.2 Å². The minimum atomic E-state index is -0.603. The Labute approximate surface area is 105 Å². The largest absolute Gasteiger partial charge is 0.496 e. The smallest absolute Gasteiger partial charge is 0.257 e. The van der Waals surface area contributed by atoms with E-state index in [-0.39, 0.29) is 17.2 Å². The van der Waals surface area contributed by atoms with Crippen LogP contribution in [0.5, 0.6) is 5.75 Å². The van der Waals surface area contributed by atoms with Crippen molar-refractivity contribution < 1.29 is 13.9 Å². The summed E-state index contributed by atoms with van der Waals surface area (Å²) in [4.78, 5) is 13.9. The number of hydrogen-bond donors (Lipinski definition) is 2. The number of hydrogen-bond acceptors (Lipinski definition) is 4. The van der Waals surface area contributed by atoms with Gasteiger partial charge in [-0.25, -0.2) is 4.39 Å². The molecule has 3 N–H and O–H groups in total. The topological polar surface area (TPSA) is 67.6 Å². The highest BCUT2D eigenvalue weighted by Gasteiger charge is 2.22. The predicted molar refractivity (Wildman–Crippen MR) is 66.1 cm³/mol. The van der Waals surface area contributed by atoms with Crippen molar-refractivity contribution in [3.63, 3.8) is 0 Å². The van der Waals surface area contributed by atoms with Crippen molar-refractivity contribution >= 4 is 11.6 Å². The number of nitrogens with one attached hydrogen (secondary N) is 1. The number of amides is 1. The average Bonchev–Trinajstić information content (AvgIpc) is 2.41. The van der Waals surface area contributed by atoms with Crippen LogP contribution in [0.15, 0.2) is 12.1 Å². The molecule has 1 heterocycles. The first-order valence-electron chi connectivity index (χ1n) is 5.76. The summed E-state index contributed by atoms with van der Waals surface area (Å²) in [7, 11) is 1.43. The van der Waals surface area contributed by atoms with Crippen molar-refractivity contribution in [3.8, 4) is 5.75 Å². The van der Waals surface area contributed by atoms with E-state index >= 15 is 0 Å². The van der Waals surface area contributed by atoms with Crippen LogP contribution < -0.4 is 15.8 Å². The second-order valence-corrected chi connectivity index (χ2v) is 4.12. The number of benzene rings is 1. The Morgan fingerprint density at radius 2 is 2.11 bits per heavy atom. The third-order valence-corrected chi connectivity index (χ3v) is 2.95. The number of methoxy groups -OCH3 is 1. The molecule has 18 heavy (non-hydrogen) atoms. The molecule has 6 heteroatoms. The molecule has 1 aromatic carbocycles. The number of piperazine rings is 1. The molecule has 98 valence electrons. The molecule has 0 aromatic heterocycles. The van der Waals surface area contributed by atoms with Crippen molar-refractivity contribution in [1.82, 2.24) is 10.2 Å². The van der Waals surface area contributed by atoms with Crippen molar-refractivity contribution in [2.24, 2.45) is 0 Å². The molecule has 1 fully saturated rings. The molecule has 0 spiro atoms. The van der Waals surface area contributed by atoms with Gasteiger partial charge in [0.2, 0.25) is 0 Å². The van der Waals surface area contributed by atoms with Gasteiger partial charge >= 0.3 is 0 Å². The van der Waals surface area contributed by atoms with Crippen LogP contribution in [0, 0.1) is 5.82 Å². The van der Waals surface area contributed by atoms with Crippen molar-refractivity contribution in [2.75, 3.05) is 39.0 Å². The minimum absolute atomic E-state index is 0.0243.